The topological polar surface area (TPSA) is 72.9 Å². The first kappa shape index (κ1) is 18.0. The van der Waals surface area contributed by atoms with Crippen LogP contribution >= 0.6 is 0 Å². The zero-order valence-corrected chi connectivity index (χ0v) is 13.6. The van der Waals surface area contributed by atoms with E-state index in [1.807, 2.05) is 0 Å². The number of nitrogens with one attached hydrogen (secondary N) is 1. The fourth-order valence-electron chi connectivity index (χ4n) is 2.11. The maximum absolute atomic E-state index is 12.8. The Balaban J connectivity index is 2.29. The van der Waals surface area contributed by atoms with Crippen molar-refractivity contribution in [1.82, 2.24) is 15.1 Å². The molecule has 0 bridgehead atoms. The predicted octanol–water partition coefficient (Wildman–Crippen LogP) is 2.67. The molecular formula is C16H19F3N4O. The molecule has 2 aromatic rings. The molecule has 0 radical (unpaired) electrons. The molecule has 0 atom stereocenters. The summed E-state index contributed by atoms with van der Waals surface area (Å²) in [5.74, 6) is -0.371. The van der Waals surface area contributed by atoms with Gasteiger partial charge in [-0.2, -0.15) is 18.3 Å². The van der Waals surface area contributed by atoms with Crippen LogP contribution < -0.4 is 11.1 Å². The molecule has 0 aliphatic heterocycles. The van der Waals surface area contributed by atoms with Crippen LogP contribution in [-0.4, -0.2) is 27.8 Å². The first-order valence-corrected chi connectivity index (χ1v) is 7.28. The molecule has 3 N–H and O–H groups in total. The summed E-state index contributed by atoms with van der Waals surface area (Å²) < 4.78 is 39.8. The van der Waals surface area contributed by atoms with Crippen molar-refractivity contribution < 1.29 is 18.0 Å². The van der Waals surface area contributed by atoms with E-state index in [-0.39, 0.29) is 23.7 Å². The lowest BCUT2D eigenvalue weighted by Gasteiger charge is -2.18. The number of hydrogen-bond donors (Lipinski definition) is 2. The number of carbonyl (C=O) groups excluding carboxylic acids is 1. The van der Waals surface area contributed by atoms with Crippen molar-refractivity contribution in [1.29, 1.82) is 0 Å². The molecule has 0 aliphatic rings. The number of carbonyl (C=O) groups is 1. The molecule has 0 fully saturated rings. The Labute approximate surface area is 137 Å². The zero-order valence-electron chi connectivity index (χ0n) is 13.6. The van der Waals surface area contributed by atoms with Gasteiger partial charge >= 0.3 is 6.18 Å². The zero-order chi connectivity index (χ0) is 18.1. The first-order chi connectivity index (χ1) is 11.0. The number of benzene rings is 1. The van der Waals surface area contributed by atoms with Gasteiger partial charge < -0.3 is 11.1 Å². The molecule has 0 saturated heterocycles. The minimum atomic E-state index is -4.44. The van der Waals surface area contributed by atoms with Gasteiger partial charge in [0.1, 0.15) is 0 Å². The van der Waals surface area contributed by atoms with Crippen LogP contribution in [0.15, 0.2) is 30.5 Å². The van der Waals surface area contributed by atoms with Crippen LogP contribution in [0.5, 0.6) is 0 Å². The molecule has 1 amide bonds. The molecule has 0 unspecified atom stereocenters. The maximum atomic E-state index is 12.8. The van der Waals surface area contributed by atoms with Gasteiger partial charge in [0, 0.05) is 12.1 Å². The second-order valence-corrected chi connectivity index (χ2v) is 6.27. The standard InChI is InChI=1S/C16H19F3N4O/c1-10-13(14(24)21-9-15(2,3)20)8-22-23(10)12-6-4-5-11(7-12)16(17,18)19/h4-8H,9,20H2,1-3H3,(H,21,24). The number of rotatable bonds is 4. The van der Waals surface area contributed by atoms with Crippen LogP contribution in [0.1, 0.15) is 35.5 Å². The van der Waals surface area contributed by atoms with E-state index < -0.39 is 17.3 Å². The smallest absolute Gasteiger partial charge is 0.350 e. The van der Waals surface area contributed by atoms with Gasteiger partial charge in [-0.1, -0.05) is 6.07 Å². The molecule has 1 heterocycles. The highest BCUT2D eigenvalue weighted by Crippen LogP contribution is 2.30. The Hall–Kier alpha value is -2.35. The average Bonchev–Trinajstić information content (AvgIpc) is 2.85. The van der Waals surface area contributed by atoms with Crippen molar-refractivity contribution in [3.8, 4) is 5.69 Å². The number of aromatic nitrogens is 2. The third kappa shape index (κ3) is 4.14. The van der Waals surface area contributed by atoms with Crippen molar-refractivity contribution in [2.75, 3.05) is 6.54 Å². The Morgan fingerprint density at radius 3 is 2.58 bits per heavy atom. The number of alkyl halides is 3. The summed E-state index contributed by atoms with van der Waals surface area (Å²) in [6.07, 6.45) is -3.11. The van der Waals surface area contributed by atoms with Crippen molar-refractivity contribution in [2.45, 2.75) is 32.5 Å². The molecule has 0 spiro atoms. The number of nitrogens with zero attached hydrogens (tertiary/aromatic N) is 2. The summed E-state index contributed by atoms with van der Waals surface area (Å²) in [4.78, 5) is 12.2. The van der Waals surface area contributed by atoms with Crippen LogP contribution in [-0.2, 0) is 6.18 Å². The third-order valence-electron chi connectivity index (χ3n) is 3.38. The van der Waals surface area contributed by atoms with Crippen molar-refractivity contribution in [2.24, 2.45) is 5.73 Å². The van der Waals surface area contributed by atoms with Crippen molar-refractivity contribution >= 4 is 5.91 Å². The SMILES string of the molecule is Cc1c(C(=O)NCC(C)(C)N)cnn1-c1cccc(C(F)(F)F)c1. The molecule has 24 heavy (non-hydrogen) atoms. The van der Waals surface area contributed by atoms with E-state index in [1.54, 1.807) is 20.8 Å². The molecule has 0 aliphatic carbocycles. The van der Waals surface area contributed by atoms with E-state index in [0.29, 0.717) is 5.69 Å². The molecule has 2 rings (SSSR count). The first-order valence-electron chi connectivity index (χ1n) is 7.28. The summed E-state index contributed by atoms with van der Waals surface area (Å²) in [6, 6.07) is 4.78. The van der Waals surface area contributed by atoms with E-state index in [4.69, 9.17) is 5.73 Å². The van der Waals surface area contributed by atoms with E-state index in [1.165, 1.54) is 23.0 Å². The van der Waals surface area contributed by atoms with Gasteiger partial charge in [-0.25, -0.2) is 4.68 Å². The van der Waals surface area contributed by atoms with Gasteiger partial charge in [0.15, 0.2) is 0 Å². The highest BCUT2D eigenvalue weighted by atomic mass is 19.4. The van der Waals surface area contributed by atoms with Crippen LogP contribution in [0.3, 0.4) is 0 Å². The highest BCUT2D eigenvalue weighted by Gasteiger charge is 2.30. The average molecular weight is 340 g/mol. The van der Waals surface area contributed by atoms with Crippen molar-refractivity contribution in [3.05, 3.63) is 47.3 Å². The molecule has 8 heteroatoms. The van der Waals surface area contributed by atoms with Gasteiger partial charge in [-0.05, 0) is 39.0 Å². The number of amides is 1. The molecule has 5 nitrogen and oxygen atoms in total. The second kappa shape index (κ2) is 6.27. The summed E-state index contributed by atoms with van der Waals surface area (Å²) in [5.41, 5.74) is 5.44. The third-order valence-corrected chi connectivity index (χ3v) is 3.38. The molecule has 1 aromatic heterocycles. The Morgan fingerprint density at radius 1 is 1.33 bits per heavy atom. The number of nitrogens with two attached hydrogens (primary N) is 1. The molecular weight excluding hydrogens is 321 g/mol. The van der Waals surface area contributed by atoms with Gasteiger partial charge in [0.05, 0.1) is 28.7 Å². The largest absolute Gasteiger partial charge is 0.416 e. The van der Waals surface area contributed by atoms with E-state index in [0.717, 1.165) is 12.1 Å². The van der Waals surface area contributed by atoms with Crippen LogP contribution in [0.4, 0.5) is 13.2 Å². The normalized spacial score (nSPS) is 12.3. The van der Waals surface area contributed by atoms with Gasteiger partial charge in [-0.3, -0.25) is 4.79 Å². The summed E-state index contributed by atoms with van der Waals surface area (Å²) >= 11 is 0. The Bertz CT molecular complexity index is 745. The maximum Gasteiger partial charge on any atom is 0.416 e. The van der Waals surface area contributed by atoms with E-state index in [2.05, 4.69) is 10.4 Å². The number of hydrogen-bond acceptors (Lipinski definition) is 3. The van der Waals surface area contributed by atoms with E-state index in [9.17, 15) is 18.0 Å². The summed E-state index contributed by atoms with van der Waals surface area (Å²) in [6.45, 7) is 5.42. The Morgan fingerprint density at radius 2 is 2.00 bits per heavy atom. The fourth-order valence-corrected chi connectivity index (χ4v) is 2.11. The van der Waals surface area contributed by atoms with Gasteiger partial charge in [0.2, 0.25) is 0 Å². The summed E-state index contributed by atoms with van der Waals surface area (Å²) in [7, 11) is 0. The second-order valence-electron chi connectivity index (χ2n) is 6.27. The molecule has 0 saturated carbocycles. The molecule has 1 aromatic carbocycles. The lowest BCUT2D eigenvalue weighted by Crippen LogP contribution is -2.45. The molecule has 130 valence electrons. The van der Waals surface area contributed by atoms with Crippen LogP contribution in [0.25, 0.3) is 5.69 Å². The fraction of sp³-hybridized carbons (Fsp3) is 0.375. The van der Waals surface area contributed by atoms with E-state index >= 15 is 0 Å². The van der Waals surface area contributed by atoms with Gasteiger partial charge in [-0.15, -0.1) is 0 Å². The Kier molecular flexibility index (Phi) is 4.70. The lowest BCUT2D eigenvalue weighted by molar-refractivity contribution is -0.137. The highest BCUT2D eigenvalue weighted by molar-refractivity contribution is 5.95. The van der Waals surface area contributed by atoms with Crippen LogP contribution in [0, 0.1) is 6.92 Å². The van der Waals surface area contributed by atoms with Gasteiger partial charge in [0.25, 0.3) is 5.91 Å². The van der Waals surface area contributed by atoms with Crippen LogP contribution in [0.2, 0.25) is 0 Å². The lowest BCUT2D eigenvalue weighted by atomic mass is 10.1. The quantitative estimate of drug-likeness (QED) is 0.899. The number of halogens is 3. The minimum Gasteiger partial charge on any atom is -0.350 e. The summed E-state index contributed by atoms with van der Waals surface area (Å²) in [5, 5.41) is 6.71. The monoisotopic (exact) mass is 340 g/mol. The van der Waals surface area contributed by atoms with Crippen molar-refractivity contribution in [3.63, 3.8) is 0 Å². The minimum absolute atomic E-state index is 0.237. The predicted molar refractivity (Wildman–Crippen MR) is 83.9 cm³/mol.